The lowest BCUT2D eigenvalue weighted by atomic mass is 9.83. The summed E-state index contributed by atoms with van der Waals surface area (Å²) in [4.78, 5) is 3.62. The highest BCUT2D eigenvalue weighted by molar-refractivity contribution is 7.89. The van der Waals surface area contributed by atoms with Gasteiger partial charge in [0.2, 0.25) is 5.03 Å². The second kappa shape index (κ2) is 5.46. The number of sulfonamides is 1. The van der Waals surface area contributed by atoms with Crippen molar-refractivity contribution in [1.29, 1.82) is 5.26 Å². The zero-order chi connectivity index (χ0) is 14.8. The van der Waals surface area contributed by atoms with Gasteiger partial charge in [0, 0.05) is 13.2 Å². The van der Waals surface area contributed by atoms with Gasteiger partial charge in [0.1, 0.15) is 5.54 Å². The van der Waals surface area contributed by atoms with Crippen molar-refractivity contribution in [2.75, 3.05) is 7.05 Å². The Bertz CT molecular complexity index is 633. The normalized spacial score (nSPS) is 18.7. The predicted octanol–water partition coefficient (Wildman–Crippen LogP) is 2.07. The molecule has 0 saturated heterocycles. The van der Waals surface area contributed by atoms with Crippen molar-refractivity contribution in [3.05, 3.63) is 24.1 Å². The van der Waals surface area contributed by atoms with Crippen molar-refractivity contribution in [1.82, 2.24) is 9.29 Å². The quantitative estimate of drug-likeness (QED) is 0.856. The Morgan fingerprint density at radius 3 is 2.60 bits per heavy atom. The third-order valence-corrected chi connectivity index (χ3v) is 5.68. The van der Waals surface area contributed by atoms with Crippen LogP contribution in [0.15, 0.2) is 23.4 Å². The Labute approximate surface area is 118 Å². The van der Waals surface area contributed by atoms with E-state index in [1.165, 1.54) is 19.3 Å². The molecule has 1 aliphatic rings. The number of hydrogen-bond donors (Lipinski definition) is 0. The van der Waals surface area contributed by atoms with Crippen molar-refractivity contribution < 1.29 is 12.8 Å². The largest absolute Gasteiger partial charge is 0.264 e. The maximum absolute atomic E-state index is 13.7. The van der Waals surface area contributed by atoms with Crippen molar-refractivity contribution in [2.24, 2.45) is 0 Å². The van der Waals surface area contributed by atoms with Gasteiger partial charge in [-0.15, -0.1) is 0 Å². The van der Waals surface area contributed by atoms with Crippen LogP contribution in [0.2, 0.25) is 0 Å². The monoisotopic (exact) mass is 297 g/mol. The van der Waals surface area contributed by atoms with Crippen molar-refractivity contribution in [3.63, 3.8) is 0 Å². The summed E-state index contributed by atoms with van der Waals surface area (Å²) in [5, 5.41) is 8.80. The van der Waals surface area contributed by atoms with Crippen LogP contribution in [-0.4, -0.2) is 30.3 Å². The average Bonchev–Trinajstić information content (AvgIpc) is 2.47. The molecule has 0 aromatic carbocycles. The lowest BCUT2D eigenvalue weighted by Crippen LogP contribution is -2.50. The summed E-state index contributed by atoms with van der Waals surface area (Å²) in [7, 11) is -2.78. The number of hydrogen-bond acceptors (Lipinski definition) is 4. The molecule has 1 aromatic rings. The molecule has 0 aliphatic heterocycles. The van der Waals surface area contributed by atoms with E-state index in [1.54, 1.807) is 0 Å². The number of pyridine rings is 1. The third-order valence-electron chi connectivity index (χ3n) is 3.82. The Morgan fingerprint density at radius 2 is 2.05 bits per heavy atom. The van der Waals surface area contributed by atoms with Crippen LogP contribution in [0.25, 0.3) is 0 Å². The highest BCUT2D eigenvalue weighted by Gasteiger charge is 2.44. The van der Waals surface area contributed by atoms with Crippen LogP contribution in [0.3, 0.4) is 0 Å². The molecule has 20 heavy (non-hydrogen) atoms. The lowest BCUT2D eigenvalue weighted by Gasteiger charge is -2.37. The standard InChI is InChI=1S/C13H16FN3O2S/c1-17(13(10-15)7-3-2-4-8-13)20(18,19)12-11(14)6-5-9-16-12/h5-6,9H,2-4,7-8H2,1H3. The van der Waals surface area contributed by atoms with E-state index in [1.807, 2.05) is 0 Å². The molecule has 0 atom stereocenters. The van der Waals surface area contributed by atoms with E-state index >= 15 is 0 Å². The van der Waals surface area contributed by atoms with Gasteiger partial charge >= 0.3 is 0 Å². The fraction of sp³-hybridized carbons (Fsp3) is 0.538. The van der Waals surface area contributed by atoms with E-state index in [9.17, 15) is 18.1 Å². The van der Waals surface area contributed by atoms with Crippen LogP contribution in [0.1, 0.15) is 32.1 Å². The molecule has 7 heteroatoms. The van der Waals surface area contributed by atoms with E-state index in [2.05, 4.69) is 11.1 Å². The minimum absolute atomic E-state index is 0.466. The topological polar surface area (TPSA) is 74.1 Å². The molecule has 1 fully saturated rings. The van der Waals surface area contributed by atoms with Crippen molar-refractivity contribution >= 4 is 10.0 Å². The van der Waals surface area contributed by atoms with Crippen molar-refractivity contribution in [3.8, 4) is 6.07 Å². The lowest BCUT2D eigenvalue weighted by molar-refractivity contribution is 0.211. The maximum atomic E-state index is 13.7. The second-order valence-corrected chi connectivity index (χ2v) is 6.85. The fourth-order valence-corrected chi connectivity index (χ4v) is 4.01. The van der Waals surface area contributed by atoms with Gasteiger partial charge in [-0.2, -0.15) is 9.57 Å². The van der Waals surface area contributed by atoms with E-state index in [4.69, 9.17) is 0 Å². The smallest absolute Gasteiger partial charge is 0.241 e. The molecule has 0 amide bonds. The third kappa shape index (κ3) is 2.41. The minimum atomic E-state index is -4.12. The van der Waals surface area contributed by atoms with E-state index in [-0.39, 0.29) is 0 Å². The van der Waals surface area contributed by atoms with Crippen LogP contribution in [0, 0.1) is 17.1 Å². The molecule has 1 aromatic heterocycles. The summed E-state index contributed by atoms with van der Waals surface area (Å²) in [5.74, 6) is -0.900. The Morgan fingerprint density at radius 1 is 1.40 bits per heavy atom. The van der Waals surface area contributed by atoms with Crippen LogP contribution in [-0.2, 0) is 10.0 Å². The van der Waals surface area contributed by atoms with Crippen molar-refractivity contribution in [2.45, 2.75) is 42.7 Å². The van der Waals surface area contributed by atoms with Gasteiger partial charge in [0.25, 0.3) is 10.0 Å². The van der Waals surface area contributed by atoms with Crippen LogP contribution >= 0.6 is 0 Å². The number of halogens is 1. The van der Waals surface area contributed by atoms with Gasteiger partial charge in [-0.1, -0.05) is 19.3 Å². The fourth-order valence-electron chi connectivity index (χ4n) is 2.55. The maximum Gasteiger partial charge on any atom is 0.264 e. The summed E-state index contributed by atoms with van der Waals surface area (Å²) in [6.45, 7) is 0. The summed E-state index contributed by atoms with van der Waals surface area (Å²) in [6, 6.07) is 4.49. The molecule has 0 unspecified atom stereocenters. The first-order valence-electron chi connectivity index (χ1n) is 6.45. The molecule has 108 valence electrons. The molecule has 0 spiro atoms. The van der Waals surface area contributed by atoms with Gasteiger partial charge in [0.15, 0.2) is 5.82 Å². The van der Waals surface area contributed by atoms with Gasteiger partial charge in [0.05, 0.1) is 6.07 Å². The number of rotatable bonds is 3. The van der Waals surface area contributed by atoms with E-state index in [0.717, 1.165) is 29.6 Å². The molecule has 2 rings (SSSR count). The van der Waals surface area contributed by atoms with E-state index < -0.39 is 26.4 Å². The Kier molecular flexibility index (Phi) is 4.06. The molecular weight excluding hydrogens is 281 g/mol. The van der Waals surface area contributed by atoms with Gasteiger partial charge in [-0.3, -0.25) is 0 Å². The highest BCUT2D eigenvalue weighted by atomic mass is 32.2. The van der Waals surface area contributed by atoms with Gasteiger partial charge in [-0.25, -0.2) is 17.8 Å². The van der Waals surface area contributed by atoms with Crippen LogP contribution < -0.4 is 0 Å². The first kappa shape index (κ1) is 14.9. The first-order valence-corrected chi connectivity index (χ1v) is 7.89. The molecule has 0 radical (unpaired) electrons. The first-order chi connectivity index (χ1) is 9.44. The molecule has 1 aliphatic carbocycles. The number of nitriles is 1. The minimum Gasteiger partial charge on any atom is -0.241 e. The highest BCUT2D eigenvalue weighted by Crippen LogP contribution is 2.35. The zero-order valence-electron chi connectivity index (χ0n) is 11.2. The summed E-state index contributed by atoms with van der Waals surface area (Å²) >= 11 is 0. The Hall–Kier alpha value is -1.52. The van der Waals surface area contributed by atoms with Gasteiger partial charge in [-0.05, 0) is 25.0 Å². The predicted molar refractivity (Wildman–Crippen MR) is 70.6 cm³/mol. The summed E-state index contributed by atoms with van der Waals surface area (Å²) in [5.41, 5.74) is -1.10. The van der Waals surface area contributed by atoms with Crippen LogP contribution in [0.4, 0.5) is 4.39 Å². The second-order valence-electron chi connectivity index (χ2n) is 4.97. The number of nitrogens with zero attached hydrogens (tertiary/aromatic N) is 3. The van der Waals surface area contributed by atoms with Crippen LogP contribution in [0.5, 0.6) is 0 Å². The SMILES string of the molecule is CN(C1(C#N)CCCCC1)S(=O)(=O)c1ncccc1F. The molecule has 1 heterocycles. The molecule has 0 bridgehead atoms. The molecule has 1 saturated carbocycles. The average molecular weight is 297 g/mol. The molecule has 0 N–H and O–H groups in total. The zero-order valence-corrected chi connectivity index (χ0v) is 12.0. The Balaban J connectivity index is 2.44. The summed E-state index contributed by atoms with van der Waals surface area (Å²) < 4.78 is 39.7. The molecule has 5 nitrogen and oxygen atoms in total. The summed E-state index contributed by atoms with van der Waals surface area (Å²) in [6.07, 6.45) is 4.72. The van der Waals surface area contributed by atoms with Gasteiger partial charge < -0.3 is 0 Å². The van der Waals surface area contributed by atoms with E-state index in [0.29, 0.717) is 12.8 Å². The molecular formula is C13H16FN3O2S. The number of aromatic nitrogens is 1.